The van der Waals surface area contributed by atoms with Crippen LogP contribution in [0.15, 0.2) is 10.6 Å². The maximum atomic E-state index is 12.2. The first kappa shape index (κ1) is 16.8. The number of hydrogen-bond donors (Lipinski definition) is 4. The number of carboxylic acids is 1. The van der Waals surface area contributed by atoms with Gasteiger partial charge in [0.1, 0.15) is 5.70 Å². The first-order valence-corrected chi connectivity index (χ1v) is 7.88. The van der Waals surface area contributed by atoms with Gasteiger partial charge >= 0.3 is 5.97 Å². The zero-order valence-electron chi connectivity index (χ0n) is 12.3. The molecule has 1 unspecified atom stereocenters. The minimum atomic E-state index is -1.23. The summed E-state index contributed by atoms with van der Waals surface area (Å²) in [4.78, 5) is 36.7. The fourth-order valence-corrected chi connectivity index (χ4v) is 4.00. The summed E-state index contributed by atoms with van der Waals surface area (Å²) < 4.78 is 0. The second-order valence-electron chi connectivity index (χ2n) is 5.30. The minimum absolute atomic E-state index is 0.121. The van der Waals surface area contributed by atoms with Crippen molar-refractivity contribution in [2.75, 3.05) is 12.3 Å². The van der Waals surface area contributed by atoms with Gasteiger partial charge in [0.15, 0.2) is 0 Å². The van der Waals surface area contributed by atoms with E-state index in [1.165, 1.54) is 30.5 Å². The molecule has 2 heterocycles. The van der Waals surface area contributed by atoms with E-state index >= 15 is 0 Å². The fraction of sp³-hybridized carbons (Fsp3) is 0.615. The number of fused-ring (bicyclic) bond motifs is 1. The zero-order chi connectivity index (χ0) is 16.6. The van der Waals surface area contributed by atoms with E-state index in [0.717, 1.165) is 0 Å². The number of nitrogens with one attached hydrogen (secondary N) is 1. The molecule has 0 spiro atoms. The molecule has 5 N–H and O–H groups in total. The van der Waals surface area contributed by atoms with Crippen molar-refractivity contribution in [1.82, 2.24) is 10.2 Å². The van der Waals surface area contributed by atoms with Crippen LogP contribution in [0, 0.1) is 5.92 Å². The van der Waals surface area contributed by atoms with E-state index in [1.54, 1.807) is 0 Å². The molecule has 1 saturated heterocycles. The van der Waals surface area contributed by atoms with Crippen molar-refractivity contribution in [2.45, 2.75) is 32.0 Å². The van der Waals surface area contributed by atoms with Gasteiger partial charge in [0, 0.05) is 24.1 Å². The molecule has 0 bridgehead atoms. The van der Waals surface area contributed by atoms with Gasteiger partial charge in [-0.1, -0.05) is 0 Å². The Morgan fingerprint density at radius 3 is 2.59 bits per heavy atom. The van der Waals surface area contributed by atoms with Gasteiger partial charge in [-0.3, -0.25) is 14.5 Å². The van der Waals surface area contributed by atoms with Crippen molar-refractivity contribution in [3.63, 3.8) is 0 Å². The Hall–Kier alpha value is -1.58. The zero-order valence-corrected chi connectivity index (χ0v) is 13.1. The summed E-state index contributed by atoms with van der Waals surface area (Å²) in [6.45, 7) is 3.15. The average Bonchev–Trinajstić information content (AvgIpc) is 2.66. The minimum Gasteiger partial charge on any atom is -0.477 e. The molecule has 22 heavy (non-hydrogen) atoms. The SMILES string of the molecule is CC(=O)NC1C(SCCN)=C(C(=O)O)N2C(=O)[C@H]([C@@H](C)O)[C@H]12. The van der Waals surface area contributed by atoms with Crippen LogP contribution in [0.25, 0.3) is 0 Å². The number of aliphatic hydroxyl groups excluding tert-OH is 1. The van der Waals surface area contributed by atoms with Crippen molar-refractivity contribution >= 4 is 29.5 Å². The number of β-lactam (4-membered cyclic amide) rings is 1. The third-order valence-corrected chi connectivity index (χ3v) is 4.94. The van der Waals surface area contributed by atoms with E-state index in [4.69, 9.17) is 5.73 Å². The molecule has 122 valence electrons. The molecule has 8 nitrogen and oxygen atoms in total. The molecule has 0 aromatic carbocycles. The topological polar surface area (TPSA) is 133 Å². The number of rotatable bonds is 6. The van der Waals surface area contributed by atoms with E-state index in [-0.39, 0.29) is 11.6 Å². The number of carbonyl (C=O) groups is 3. The Kier molecular flexibility index (Phi) is 4.78. The number of nitrogens with zero attached hydrogens (tertiary/aromatic N) is 1. The highest BCUT2D eigenvalue weighted by Gasteiger charge is 2.61. The summed E-state index contributed by atoms with van der Waals surface area (Å²) in [5, 5.41) is 21.9. The Labute approximate surface area is 131 Å². The molecule has 1 fully saturated rings. The molecule has 9 heteroatoms. The smallest absolute Gasteiger partial charge is 0.353 e. The molecule has 2 rings (SSSR count). The number of nitrogens with two attached hydrogens (primary N) is 1. The summed E-state index contributed by atoms with van der Waals surface area (Å²) in [5.41, 5.74) is 5.34. The van der Waals surface area contributed by atoms with Crippen LogP contribution >= 0.6 is 11.8 Å². The maximum Gasteiger partial charge on any atom is 0.353 e. The number of aliphatic carboxylic acids is 1. The number of thioether (sulfide) groups is 1. The van der Waals surface area contributed by atoms with Gasteiger partial charge in [-0.15, -0.1) is 11.8 Å². The highest BCUT2D eigenvalue weighted by molar-refractivity contribution is 8.03. The number of carboxylic acid groups (broad SMARTS) is 1. The molecular formula is C13H19N3O5S. The van der Waals surface area contributed by atoms with Crippen molar-refractivity contribution in [2.24, 2.45) is 11.7 Å². The summed E-state index contributed by atoms with van der Waals surface area (Å²) >= 11 is 1.22. The number of amides is 2. The number of carbonyl (C=O) groups excluding carboxylic acids is 2. The standard InChI is InChI=1S/C13H19N3O5S/c1-5(17)7-9-8(15-6(2)18)11(22-4-3-14)10(13(20)21)16(9)12(7)19/h5,7-9,17H,3-4,14H2,1-2H3,(H,15,18)(H,20,21)/t5-,7-,8?,9-/m1/s1. The molecule has 0 aliphatic carbocycles. The van der Waals surface area contributed by atoms with Crippen LogP contribution in [-0.4, -0.2) is 63.4 Å². The van der Waals surface area contributed by atoms with E-state index in [1.807, 2.05) is 0 Å². The summed E-state index contributed by atoms with van der Waals surface area (Å²) in [6.07, 6.45) is -0.918. The molecule has 0 aromatic rings. The van der Waals surface area contributed by atoms with Gasteiger partial charge in [0.05, 0.1) is 24.1 Å². The normalized spacial score (nSPS) is 28.3. The van der Waals surface area contributed by atoms with Gasteiger partial charge < -0.3 is 21.3 Å². The molecular weight excluding hydrogens is 310 g/mol. The van der Waals surface area contributed by atoms with E-state index in [9.17, 15) is 24.6 Å². The van der Waals surface area contributed by atoms with E-state index in [2.05, 4.69) is 5.32 Å². The predicted molar refractivity (Wildman–Crippen MR) is 79.6 cm³/mol. The van der Waals surface area contributed by atoms with Crippen molar-refractivity contribution in [1.29, 1.82) is 0 Å². The second-order valence-corrected chi connectivity index (χ2v) is 6.44. The Balaban J connectivity index is 2.42. The van der Waals surface area contributed by atoms with Crippen LogP contribution in [0.3, 0.4) is 0 Å². The lowest BCUT2D eigenvalue weighted by Crippen LogP contribution is -2.67. The summed E-state index contributed by atoms with van der Waals surface area (Å²) in [5.74, 6) is -2.24. The summed E-state index contributed by atoms with van der Waals surface area (Å²) in [6, 6.07) is -1.19. The molecule has 2 amide bonds. The third kappa shape index (κ3) is 2.59. The van der Waals surface area contributed by atoms with Gasteiger partial charge in [0.2, 0.25) is 11.8 Å². The lowest BCUT2D eigenvalue weighted by atomic mass is 9.81. The van der Waals surface area contributed by atoms with Crippen molar-refractivity contribution in [3.05, 3.63) is 10.6 Å². The Morgan fingerprint density at radius 2 is 2.14 bits per heavy atom. The van der Waals surface area contributed by atoms with E-state index < -0.39 is 36.0 Å². The van der Waals surface area contributed by atoms with E-state index in [0.29, 0.717) is 17.2 Å². The predicted octanol–water partition coefficient (Wildman–Crippen LogP) is -1.30. The third-order valence-electron chi connectivity index (χ3n) is 3.74. The van der Waals surface area contributed by atoms with Crippen molar-refractivity contribution in [3.8, 4) is 0 Å². The van der Waals surface area contributed by atoms with Crippen LogP contribution in [-0.2, 0) is 14.4 Å². The van der Waals surface area contributed by atoms with Crippen LogP contribution in [0.4, 0.5) is 0 Å². The average molecular weight is 329 g/mol. The highest BCUT2D eigenvalue weighted by atomic mass is 32.2. The Bertz CT molecular complexity index is 548. The lowest BCUT2D eigenvalue weighted by Gasteiger charge is -2.46. The second kappa shape index (κ2) is 6.27. The van der Waals surface area contributed by atoms with Gasteiger partial charge in [0.25, 0.3) is 0 Å². The lowest BCUT2D eigenvalue weighted by molar-refractivity contribution is -0.162. The van der Waals surface area contributed by atoms with Gasteiger partial charge in [-0.05, 0) is 6.92 Å². The van der Waals surface area contributed by atoms with Crippen LogP contribution in [0.5, 0.6) is 0 Å². The quantitative estimate of drug-likeness (QED) is 0.445. The first-order chi connectivity index (χ1) is 10.3. The molecule has 2 aliphatic heterocycles. The molecule has 0 saturated carbocycles. The number of hydrogen-bond acceptors (Lipinski definition) is 6. The van der Waals surface area contributed by atoms with Gasteiger partial charge in [-0.25, -0.2) is 4.79 Å². The van der Waals surface area contributed by atoms with Crippen LogP contribution in [0.2, 0.25) is 0 Å². The fourth-order valence-electron chi connectivity index (χ4n) is 2.97. The van der Waals surface area contributed by atoms with Crippen LogP contribution < -0.4 is 11.1 Å². The largest absolute Gasteiger partial charge is 0.477 e. The highest BCUT2D eigenvalue weighted by Crippen LogP contribution is 2.47. The maximum absolute atomic E-state index is 12.2. The van der Waals surface area contributed by atoms with Crippen LogP contribution in [0.1, 0.15) is 13.8 Å². The molecule has 0 aromatic heterocycles. The van der Waals surface area contributed by atoms with Crippen molar-refractivity contribution < 1.29 is 24.6 Å². The van der Waals surface area contributed by atoms with Gasteiger partial charge in [-0.2, -0.15) is 0 Å². The Morgan fingerprint density at radius 1 is 1.50 bits per heavy atom. The monoisotopic (exact) mass is 329 g/mol. The first-order valence-electron chi connectivity index (χ1n) is 6.89. The molecule has 2 aliphatic rings. The summed E-state index contributed by atoms with van der Waals surface area (Å²) in [7, 11) is 0. The number of aliphatic hydroxyl groups is 1. The molecule has 4 atom stereocenters. The molecule has 0 radical (unpaired) electrons.